The molecule has 4 heteroatoms. The smallest absolute Gasteiger partial charge is 0.251 e. The number of nitrogens with one attached hydrogen (secondary N) is 1. The molecule has 0 radical (unpaired) electrons. The number of nitrogens with two attached hydrogens (primary N) is 1. The molecule has 1 fully saturated rings. The third-order valence-corrected chi connectivity index (χ3v) is 4.42. The number of aryl methyl sites for hydroxylation is 1. The van der Waals surface area contributed by atoms with Crippen LogP contribution < -0.4 is 11.1 Å². The fourth-order valence-electron chi connectivity index (χ4n) is 2.79. The third kappa shape index (κ3) is 3.18. The van der Waals surface area contributed by atoms with Gasteiger partial charge in [0.1, 0.15) is 5.82 Å². The van der Waals surface area contributed by atoms with Crippen LogP contribution in [0, 0.1) is 18.7 Å². The first-order chi connectivity index (χ1) is 9.46. The van der Waals surface area contributed by atoms with Crippen LogP contribution in [0.5, 0.6) is 0 Å². The molecule has 0 saturated heterocycles. The number of amides is 1. The van der Waals surface area contributed by atoms with Crippen molar-refractivity contribution in [3.8, 4) is 0 Å². The molecule has 0 spiro atoms. The number of hydrogen-bond acceptors (Lipinski definition) is 2. The van der Waals surface area contributed by atoms with E-state index in [0.717, 1.165) is 25.7 Å². The highest BCUT2D eigenvalue weighted by Crippen LogP contribution is 2.31. The van der Waals surface area contributed by atoms with Crippen LogP contribution in [-0.4, -0.2) is 18.0 Å². The van der Waals surface area contributed by atoms with Gasteiger partial charge in [-0.2, -0.15) is 0 Å². The van der Waals surface area contributed by atoms with E-state index in [0.29, 0.717) is 23.6 Å². The maximum Gasteiger partial charge on any atom is 0.251 e. The van der Waals surface area contributed by atoms with Crippen molar-refractivity contribution in [1.29, 1.82) is 0 Å². The number of hydrogen-bond donors (Lipinski definition) is 2. The SMILES string of the molecule is Cc1cc(C(=O)NC2(CN)CCC(C)CC2)ccc1F. The Kier molecular flexibility index (Phi) is 4.43. The first kappa shape index (κ1) is 15.0. The van der Waals surface area contributed by atoms with Crippen molar-refractivity contribution < 1.29 is 9.18 Å². The molecule has 1 aliphatic carbocycles. The number of carbonyl (C=O) groups excluding carboxylic acids is 1. The molecule has 0 aliphatic heterocycles. The largest absolute Gasteiger partial charge is 0.345 e. The number of halogens is 1. The lowest BCUT2D eigenvalue weighted by Gasteiger charge is -2.39. The molecular weight excluding hydrogens is 255 g/mol. The van der Waals surface area contributed by atoms with E-state index in [1.807, 2.05) is 0 Å². The summed E-state index contributed by atoms with van der Waals surface area (Å²) in [5.41, 5.74) is 6.57. The molecular formula is C16H23FN2O. The van der Waals surface area contributed by atoms with Crippen LogP contribution in [0.3, 0.4) is 0 Å². The minimum absolute atomic E-state index is 0.159. The Morgan fingerprint density at radius 3 is 2.65 bits per heavy atom. The molecule has 0 unspecified atom stereocenters. The maximum atomic E-state index is 13.3. The van der Waals surface area contributed by atoms with Gasteiger partial charge in [0.2, 0.25) is 0 Å². The fourth-order valence-corrected chi connectivity index (χ4v) is 2.79. The lowest BCUT2D eigenvalue weighted by atomic mass is 9.77. The van der Waals surface area contributed by atoms with Crippen LogP contribution in [0.25, 0.3) is 0 Å². The van der Waals surface area contributed by atoms with E-state index in [1.165, 1.54) is 12.1 Å². The van der Waals surface area contributed by atoms with Crippen LogP contribution in [-0.2, 0) is 0 Å². The first-order valence-electron chi connectivity index (χ1n) is 7.24. The monoisotopic (exact) mass is 278 g/mol. The van der Waals surface area contributed by atoms with Crippen molar-refractivity contribution in [3.05, 3.63) is 35.1 Å². The summed E-state index contributed by atoms with van der Waals surface area (Å²) in [7, 11) is 0. The molecule has 20 heavy (non-hydrogen) atoms. The Bertz CT molecular complexity index is 493. The molecule has 0 heterocycles. The van der Waals surface area contributed by atoms with Gasteiger partial charge in [-0.3, -0.25) is 4.79 Å². The zero-order chi connectivity index (χ0) is 14.8. The van der Waals surface area contributed by atoms with Crippen molar-refractivity contribution in [2.75, 3.05) is 6.54 Å². The highest BCUT2D eigenvalue weighted by atomic mass is 19.1. The average Bonchev–Trinajstić information content (AvgIpc) is 2.44. The van der Waals surface area contributed by atoms with E-state index in [-0.39, 0.29) is 17.3 Å². The number of carbonyl (C=O) groups is 1. The topological polar surface area (TPSA) is 55.1 Å². The molecule has 1 aromatic carbocycles. The molecule has 0 aromatic heterocycles. The van der Waals surface area contributed by atoms with Gasteiger partial charge >= 0.3 is 0 Å². The van der Waals surface area contributed by atoms with E-state index >= 15 is 0 Å². The van der Waals surface area contributed by atoms with E-state index in [9.17, 15) is 9.18 Å². The second-order valence-electron chi connectivity index (χ2n) is 6.09. The van der Waals surface area contributed by atoms with Crippen molar-refractivity contribution >= 4 is 5.91 Å². The summed E-state index contributed by atoms with van der Waals surface area (Å²) in [6.45, 7) is 4.34. The molecule has 3 N–H and O–H groups in total. The predicted molar refractivity (Wildman–Crippen MR) is 78.0 cm³/mol. The summed E-state index contributed by atoms with van der Waals surface area (Å²) in [5, 5.41) is 3.08. The fraction of sp³-hybridized carbons (Fsp3) is 0.562. The van der Waals surface area contributed by atoms with Gasteiger partial charge in [0, 0.05) is 12.1 Å². The number of rotatable bonds is 3. The van der Waals surface area contributed by atoms with Gasteiger partial charge in [-0.1, -0.05) is 6.92 Å². The molecule has 1 amide bonds. The summed E-state index contributed by atoms with van der Waals surface area (Å²) in [4.78, 5) is 12.3. The Morgan fingerprint density at radius 1 is 1.45 bits per heavy atom. The standard InChI is InChI=1S/C16H23FN2O/c1-11-5-7-16(10-18,8-6-11)19-15(20)13-3-4-14(17)12(2)9-13/h3-4,9,11H,5-8,10,18H2,1-2H3,(H,19,20). The summed E-state index contributed by atoms with van der Waals surface area (Å²) in [6.07, 6.45) is 3.99. The average molecular weight is 278 g/mol. The maximum absolute atomic E-state index is 13.3. The van der Waals surface area contributed by atoms with E-state index in [1.54, 1.807) is 13.0 Å². The van der Waals surface area contributed by atoms with Crippen molar-refractivity contribution in [2.45, 2.75) is 45.1 Å². The molecule has 1 aromatic rings. The zero-order valence-electron chi connectivity index (χ0n) is 12.2. The first-order valence-corrected chi connectivity index (χ1v) is 7.24. The van der Waals surface area contributed by atoms with E-state index in [4.69, 9.17) is 5.73 Å². The number of benzene rings is 1. The van der Waals surface area contributed by atoms with Crippen LogP contribution in [0.4, 0.5) is 4.39 Å². The molecule has 3 nitrogen and oxygen atoms in total. The summed E-state index contributed by atoms with van der Waals surface area (Å²) < 4.78 is 13.3. The van der Waals surface area contributed by atoms with Gasteiger partial charge in [0.05, 0.1) is 5.54 Å². The Morgan fingerprint density at radius 2 is 2.10 bits per heavy atom. The Balaban J connectivity index is 2.11. The molecule has 1 saturated carbocycles. The van der Waals surface area contributed by atoms with Gasteiger partial charge in [-0.15, -0.1) is 0 Å². The quantitative estimate of drug-likeness (QED) is 0.893. The molecule has 0 atom stereocenters. The Hall–Kier alpha value is -1.42. The molecule has 2 rings (SSSR count). The predicted octanol–water partition coefficient (Wildman–Crippen LogP) is 2.77. The normalized spacial score (nSPS) is 26.3. The lowest BCUT2D eigenvalue weighted by molar-refractivity contribution is 0.0860. The van der Waals surface area contributed by atoms with Crippen LogP contribution in [0.2, 0.25) is 0 Å². The summed E-state index contributed by atoms with van der Waals surface area (Å²) in [6, 6.07) is 4.44. The highest BCUT2D eigenvalue weighted by Gasteiger charge is 2.34. The van der Waals surface area contributed by atoms with E-state index < -0.39 is 0 Å². The highest BCUT2D eigenvalue weighted by molar-refractivity contribution is 5.94. The van der Waals surface area contributed by atoms with E-state index in [2.05, 4.69) is 12.2 Å². The lowest BCUT2D eigenvalue weighted by Crippen LogP contribution is -2.55. The molecule has 110 valence electrons. The van der Waals surface area contributed by atoms with Gasteiger partial charge in [0.25, 0.3) is 5.91 Å². The minimum atomic E-state index is -0.300. The minimum Gasteiger partial charge on any atom is -0.345 e. The van der Waals surface area contributed by atoms with Crippen LogP contribution in [0.1, 0.15) is 48.5 Å². The van der Waals surface area contributed by atoms with Gasteiger partial charge in [0.15, 0.2) is 0 Å². The molecule has 0 bridgehead atoms. The Labute approximate surface area is 119 Å². The van der Waals surface area contributed by atoms with Crippen molar-refractivity contribution in [1.82, 2.24) is 5.32 Å². The van der Waals surface area contributed by atoms with Crippen LogP contribution >= 0.6 is 0 Å². The van der Waals surface area contributed by atoms with Crippen LogP contribution in [0.15, 0.2) is 18.2 Å². The molecule has 1 aliphatic rings. The second kappa shape index (κ2) is 5.92. The van der Waals surface area contributed by atoms with Gasteiger partial charge in [-0.05, 0) is 62.3 Å². The summed E-state index contributed by atoms with van der Waals surface area (Å²) in [5.74, 6) is 0.245. The van der Waals surface area contributed by atoms with Gasteiger partial charge in [-0.25, -0.2) is 4.39 Å². The summed E-state index contributed by atoms with van der Waals surface area (Å²) >= 11 is 0. The van der Waals surface area contributed by atoms with Gasteiger partial charge < -0.3 is 11.1 Å². The second-order valence-corrected chi connectivity index (χ2v) is 6.09. The third-order valence-electron chi connectivity index (χ3n) is 4.42. The van der Waals surface area contributed by atoms with Crippen molar-refractivity contribution in [2.24, 2.45) is 11.7 Å². The zero-order valence-corrected chi connectivity index (χ0v) is 12.2. The van der Waals surface area contributed by atoms with Crippen molar-refractivity contribution in [3.63, 3.8) is 0 Å².